The number of ether oxygens (including phenoxy) is 1. The van der Waals surface area contributed by atoms with Crippen molar-refractivity contribution in [2.45, 2.75) is 24.7 Å². The Balaban J connectivity index is 0.000000294. The molecule has 3 nitrogen and oxygen atoms in total. The normalized spacial score (nSPS) is 12.6. The van der Waals surface area contributed by atoms with Crippen LogP contribution in [0, 0.1) is 0 Å². The maximum atomic E-state index is 13.3. The highest BCUT2D eigenvalue weighted by Crippen LogP contribution is 2.32. The number of alkyl halides is 12. The number of carbonyl (C=O) groups is 1. The number of rotatable bonds is 9. The Hall–Kier alpha value is -5.84. The lowest BCUT2D eigenvalue weighted by molar-refractivity contribution is -0.138. The van der Waals surface area contributed by atoms with Crippen molar-refractivity contribution in [1.82, 2.24) is 0 Å². The third kappa shape index (κ3) is 11.5. The van der Waals surface area contributed by atoms with E-state index in [4.69, 9.17) is 4.74 Å². The first-order valence-electron chi connectivity index (χ1n) is 17.9. The Morgan fingerprint density at radius 1 is 0.443 bits per heavy atom. The summed E-state index contributed by atoms with van der Waals surface area (Å²) in [5, 5.41) is 0. The third-order valence-corrected chi connectivity index (χ3v) is 10.5. The van der Waals surface area contributed by atoms with Crippen molar-refractivity contribution in [2.24, 2.45) is 0 Å². The number of carbonyl (C=O) groups excluding carboxylic acids is 1. The summed E-state index contributed by atoms with van der Waals surface area (Å²) >= 11 is 0. The van der Waals surface area contributed by atoms with Crippen molar-refractivity contribution in [2.75, 3.05) is 18.3 Å². The van der Waals surface area contributed by atoms with E-state index in [1.807, 2.05) is 30.3 Å². The van der Waals surface area contributed by atoms with Crippen molar-refractivity contribution in [3.8, 4) is 11.5 Å². The molecule has 0 aliphatic carbocycles. The smallest absolute Gasteiger partial charge is 0.416 e. The molecule has 0 aromatic heterocycles. The molecule has 0 spiro atoms. The van der Waals surface area contributed by atoms with Gasteiger partial charge in [-0.25, -0.2) is 0 Å². The monoisotopic (exact) mass is 880 g/mol. The molecule has 0 unspecified atom stereocenters. The van der Waals surface area contributed by atoms with Crippen molar-refractivity contribution in [3.05, 3.63) is 179 Å². The fourth-order valence-electron chi connectivity index (χ4n) is 6.73. The first kappa shape index (κ1) is 46.2. The summed E-state index contributed by atoms with van der Waals surface area (Å²) in [6.45, 7) is 0. The van der Waals surface area contributed by atoms with Gasteiger partial charge in [0.25, 0.3) is 0 Å². The van der Waals surface area contributed by atoms with Gasteiger partial charge in [-0.15, -0.1) is 4.21 Å². The molecule has 6 aromatic rings. The standard InChI is InChI=1S/C28H16BF12.C16H17O3S/c30-25(31,32)17-1-9-21(10-2-17)29(22-11-3-18(4-12-22)26(33,34)35,23-13-5-19(6-14-23)27(36,37)38)24-15-7-20(8-16-24)28(39,40)41;1-20(2,18)12-16(17)13-8-10-15(11-9-13)19-14-6-4-3-5-7-14/h1-16H;3-11H,12H2,1-2H3/q-1;+1. The van der Waals surface area contributed by atoms with E-state index in [0.717, 1.165) is 54.3 Å². The highest BCUT2D eigenvalue weighted by Gasteiger charge is 2.38. The lowest BCUT2D eigenvalue weighted by Gasteiger charge is -2.44. The molecule has 0 N–H and O–H groups in total. The van der Waals surface area contributed by atoms with E-state index in [1.54, 1.807) is 36.8 Å². The fraction of sp³-hybridized carbons (Fsp3) is 0.159. The van der Waals surface area contributed by atoms with Gasteiger partial charge < -0.3 is 4.74 Å². The van der Waals surface area contributed by atoms with Crippen LogP contribution in [0.25, 0.3) is 0 Å². The predicted molar refractivity (Wildman–Crippen MR) is 212 cm³/mol. The summed E-state index contributed by atoms with van der Waals surface area (Å²) in [4.78, 5) is 11.9. The zero-order valence-electron chi connectivity index (χ0n) is 31.9. The van der Waals surface area contributed by atoms with Gasteiger partial charge in [0, 0.05) is 5.56 Å². The van der Waals surface area contributed by atoms with Crippen molar-refractivity contribution in [3.63, 3.8) is 0 Å². The maximum Gasteiger partial charge on any atom is 0.416 e. The number of hydrogen-bond donors (Lipinski definition) is 0. The molecule has 0 aliphatic heterocycles. The van der Waals surface area contributed by atoms with Crippen molar-refractivity contribution < 1.29 is 66.4 Å². The topological polar surface area (TPSA) is 43.4 Å². The minimum absolute atomic E-state index is 0.0114. The van der Waals surface area contributed by atoms with Crippen LogP contribution in [0.4, 0.5) is 52.7 Å². The Morgan fingerprint density at radius 2 is 0.721 bits per heavy atom. The molecule has 0 atom stereocenters. The van der Waals surface area contributed by atoms with Crippen LogP contribution in [0.3, 0.4) is 0 Å². The first-order chi connectivity index (χ1) is 28.3. The average Bonchev–Trinajstić information content (AvgIpc) is 3.18. The van der Waals surface area contributed by atoms with Crippen molar-refractivity contribution in [1.29, 1.82) is 0 Å². The summed E-state index contributed by atoms with van der Waals surface area (Å²) in [5.41, 5.74) is -3.74. The van der Waals surface area contributed by atoms with Crippen LogP contribution in [0.1, 0.15) is 32.6 Å². The SMILES string of the molecule is C[S+](C)(=O)CC(=O)c1ccc(Oc2ccccc2)cc1.FC(F)(F)c1ccc([B-](c2ccc(C(F)(F)F)cc2)(c2ccc(C(F)(F)F)cc2)c2ccc(C(F)(F)F)cc2)cc1. The van der Waals surface area contributed by atoms with Crippen LogP contribution in [-0.4, -0.2) is 30.2 Å². The van der Waals surface area contributed by atoms with Crippen LogP contribution in [0.15, 0.2) is 152 Å². The Morgan fingerprint density at radius 3 is 0.984 bits per heavy atom. The molecule has 6 aromatic carbocycles. The van der Waals surface area contributed by atoms with Crippen LogP contribution < -0.4 is 26.6 Å². The van der Waals surface area contributed by atoms with Gasteiger partial charge in [-0.1, -0.05) is 115 Å². The van der Waals surface area contributed by atoms with Crippen LogP contribution in [-0.2, 0) is 38.8 Å². The lowest BCUT2D eigenvalue weighted by atomic mass is 9.13. The first-order valence-corrected chi connectivity index (χ1v) is 20.5. The molecule has 0 fully saturated rings. The van der Waals surface area contributed by atoms with E-state index in [9.17, 15) is 61.7 Å². The molecule has 0 heterocycles. The van der Waals surface area contributed by atoms with Gasteiger partial charge in [0.2, 0.25) is 5.78 Å². The maximum absolute atomic E-state index is 13.3. The van der Waals surface area contributed by atoms with E-state index in [0.29, 0.717) is 59.8 Å². The molecule has 17 heteroatoms. The van der Waals surface area contributed by atoms with Crippen molar-refractivity contribution >= 4 is 43.7 Å². The summed E-state index contributed by atoms with van der Waals surface area (Å²) in [6.07, 6.45) is -18.8. The minimum atomic E-state index is -4.77. The zero-order valence-corrected chi connectivity index (χ0v) is 32.7. The summed E-state index contributed by atoms with van der Waals surface area (Å²) in [5.74, 6) is 1.38. The van der Waals surface area contributed by atoms with E-state index in [-0.39, 0.29) is 33.4 Å². The highest BCUT2D eigenvalue weighted by molar-refractivity contribution is 8.02. The Bertz CT molecular complexity index is 2200. The number of hydrogen-bond acceptors (Lipinski definition) is 3. The molecule has 0 bridgehead atoms. The van der Waals surface area contributed by atoms with E-state index in [2.05, 4.69) is 0 Å². The second kappa shape index (κ2) is 17.6. The van der Waals surface area contributed by atoms with Gasteiger partial charge in [0.1, 0.15) is 30.2 Å². The van der Waals surface area contributed by atoms with Gasteiger partial charge in [-0.3, -0.25) is 4.79 Å². The molecular formula is C44H33BF12O3S. The molecule has 0 aliphatic rings. The molecule has 6 rings (SSSR count). The molecular weight excluding hydrogens is 847 g/mol. The summed E-state index contributed by atoms with van der Waals surface area (Å²) < 4.78 is 177. The van der Waals surface area contributed by atoms with E-state index >= 15 is 0 Å². The fourth-order valence-corrected chi connectivity index (χ4v) is 7.53. The van der Waals surface area contributed by atoms with E-state index < -0.39 is 63.0 Å². The molecule has 61 heavy (non-hydrogen) atoms. The van der Waals surface area contributed by atoms with E-state index in [1.165, 1.54) is 0 Å². The molecule has 0 saturated carbocycles. The van der Waals surface area contributed by atoms with Crippen LogP contribution in [0.2, 0.25) is 0 Å². The summed E-state index contributed by atoms with van der Waals surface area (Å²) in [7, 11) is -2.06. The number of para-hydroxylation sites is 1. The van der Waals surface area contributed by atoms with Crippen LogP contribution >= 0.6 is 0 Å². The van der Waals surface area contributed by atoms with Gasteiger partial charge in [-0.2, -0.15) is 74.5 Å². The number of benzene rings is 6. The largest absolute Gasteiger partial charge is 0.457 e. The number of halogens is 12. The molecule has 0 amide bonds. The third-order valence-electron chi connectivity index (χ3n) is 9.59. The Kier molecular flexibility index (Phi) is 13.4. The van der Waals surface area contributed by atoms with Gasteiger partial charge in [0.15, 0.2) is 5.75 Å². The number of ketones is 1. The highest BCUT2D eigenvalue weighted by atomic mass is 32.2. The molecule has 0 saturated heterocycles. The van der Waals surface area contributed by atoms with Gasteiger partial charge in [0.05, 0.1) is 32.2 Å². The quantitative estimate of drug-likeness (QED) is 0.0629. The average molecular weight is 881 g/mol. The number of Topliss-reactive ketones (excluding diaryl/α,β-unsaturated/α-hetero) is 1. The molecule has 0 radical (unpaired) electrons. The predicted octanol–water partition coefficient (Wildman–Crippen LogP) is 10.6. The zero-order chi connectivity index (χ0) is 45.0. The second-order valence-electron chi connectivity index (χ2n) is 14.3. The lowest BCUT2D eigenvalue weighted by Crippen LogP contribution is -2.74. The Labute approximate surface area is 343 Å². The van der Waals surface area contributed by atoms with Gasteiger partial charge >= 0.3 is 24.7 Å². The minimum Gasteiger partial charge on any atom is -0.457 e. The summed E-state index contributed by atoms with van der Waals surface area (Å²) in [6, 6.07) is 29.9. The van der Waals surface area contributed by atoms with Gasteiger partial charge in [-0.05, 0) is 36.4 Å². The molecule has 320 valence electrons. The second-order valence-corrected chi connectivity index (χ2v) is 17.5. The van der Waals surface area contributed by atoms with Crippen LogP contribution in [0.5, 0.6) is 11.5 Å².